The third-order valence-corrected chi connectivity index (χ3v) is 4.75. The summed E-state index contributed by atoms with van der Waals surface area (Å²) in [6.45, 7) is 10.9. The van der Waals surface area contributed by atoms with Gasteiger partial charge >= 0.3 is 0 Å². The fourth-order valence-electron chi connectivity index (χ4n) is 3.38. The second kappa shape index (κ2) is 5.66. The van der Waals surface area contributed by atoms with Crippen molar-refractivity contribution in [2.45, 2.75) is 59.9 Å². The lowest BCUT2D eigenvalue weighted by Gasteiger charge is -2.43. The molecule has 1 aromatic rings. The van der Waals surface area contributed by atoms with Crippen LogP contribution in [-0.4, -0.2) is 16.1 Å². The van der Waals surface area contributed by atoms with E-state index in [1.807, 2.05) is 0 Å². The van der Waals surface area contributed by atoms with E-state index < -0.39 is 0 Å². The van der Waals surface area contributed by atoms with Gasteiger partial charge in [0.1, 0.15) is 5.82 Å². The lowest BCUT2D eigenvalue weighted by atomic mass is 9.64. The number of nitrogens with zero attached hydrogens (tertiary/aromatic N) is 2. The molecule has 3 nitrogen and oxygen atoms in total. The number of rotatable bonds is 6. The molecule has 0 aliphatic heterocycles. The molecule has 1 aliphatic carbocycles. The average molecular weight is 263 g/mol. The molecule has 1 aromatic heterocycles. The molecular weight excluding hydrogens is 234 g/mol. The van der Waals surface area contributed by atoms with Gasteiger partial charge in [-0.05, 0) is 44.4 Å². The van der Waals surface area contributed by atoms with Crippen molar-refractivity contribution in [2.75, 3.05) is 6.54 Å². The molecule has 1 saturated carbocycles. The van der Waals surface area contributed by atoms with Gasteiger partial charge in [0, 0.05) is 19.3 Å². The van der Waals surface area contributed by atoms with Crippen LogP contribution < -0.4 is 5.32 Å². The Balaban J connectivity index is 1.87. The first kappa shape index (κ1) is 14.6. The molecule has 1 heterocycles. The van der Waals surface area contributed by atoms with Crippen LogP contribution in [0.25, 0.3) is 0 Å². The predicted octanol–water partition coefficient (Wildman–Crippen LogP) is 3.34. The second-order valence-electron chi connectivity index (χ2n) is 6.81. The summed E-state index contributed by atoms with van der Waals surface area (Å²) in [6.07, 6.45) is 5.57. The van der Waals surface area contributed by atoms with E-state index in [1.54, 1.807) is 0 Å². The molecule has 0 amide bonds. The van der Waals surface area contributed by atoms with Gasteiger partial charge in [0.25, 0.3) is 0 Å². The molecule has 1 aliphatic rings. The Bertz CT molecular complexity index is 427. The van der Waals surface area contributed by atoms with Crippen LogP contribution in [0.4, 0.5) is 0 Å². The van der Waals surface area contributed by atoms with E-state index >= 15 is 0 Å². The minimum Gasteiger partial charge on any atom is -0.334 e. The topological polar surface area (TPSA) is 29.9 Å². The van der Waals surface area contributed by atoms with Gasteiger partial charge in [0.15, 0.2) is 0 Å². The van der Waals surface area contributed by atoms with Gasteiger partial charge in [-0.15, -0.1) is 0 Å². The number of aromatic nitrogens is 2. The summed E-state index contributed by atoms with van der Waals surface area (Å²) in [5.74, 6) is 1.97. The quantitative estimate of drug-likeness (QED) is 0.853. The molecule has 0 atom stereocenters. The molecule has 1 fully saturated rings. The van der Waals surface area contributed by atoms with Gasteiger partial charge in [0.2, 0.25) is 0 Å². The number of aryl methyl sites for hydroxylation is 1. The number of nitrogens with one attached hydrogen (secondary N) is 1. The summed E-state index contributed by atoms with van der Waals surface area (Å²) in [4.78, 5) is 4.63. The molecule has 1 N–H and O–H groups in total. The normalized spacial score (nSPS) is 17.8. The molecular formula is C16H29N3. The summed E-state index contributed by atoms with van der Waals surface area (Å²) in [5.41, 5.74) is 3.00. The van der Waals surface area contributed by atoms with Crippen molar-refractivity contribution in [2.24, 2.45) is 18.4 Å². The predicted molar refractivity (Wildman–Crippen MR) is 80.1 cm³/mol. The average Bonchev–Trinajstić information content (AvgIpc) is 2.53. The Morgan fingerprint density at radius 1 is 1.32 bits per heavy atom. The van der Waals surface area contributed by atoms with Crippen LogP contribution in [0, 0.1) is 25.2 Å². The fraction of sp³-hybridized carbons (Fsp3) is 0.812. The van der Waals surface area contributed by atoms with E-state index in [0.29, 0.717) is 5.41 Å². The first-order chi connectivity index (χ1) is 8.93. The molecule has 0 radical (unpaired) electrons. The van der Waals surface area contributed by atoms with Crippen molar-refractivity contribution in [1.29, 1.82) is 0 Å². The highest BCUT2D eigenvalue weighted by atomic mass is 15.1. The SMILES string of the molecule is Cc1nc(CNCC2(CC(C)C)CCC2)n(C)c1C. The Kier molecular flexibility index (Phi) is 4.34. The standard InChI is InChI=1S/C16H29N3/c1-12(2)9-16(7-6-8-16)11-17-10-15-18-13(3)14(4)19(15)5/h12,17H,6-11H2,1-5H3. The van der Waals surface area contributed by atoms with Crippen LogP contribution in [0.1, 0.15) is 56.7 Å². The van der Waals surface area contributed by atoms with Gasteiger partial charge in [-0.2, -0.15) is 0 Å². The zero-order chi connectivity index (χ0) is 14.0. The second-order valence-corrected chi connectivity index (χ2v) is 6.81. The summed E-state index contributed by atoms with van der Waals surface area (Å²) >= 11 is 0. The first-order valence-electron chi connectivity index (χ1n) is 7.63. The minimum absolute atomic E-state index is 0.573. The number of hydrogen-bond acceptors (Lipinski definition) is 2. The molecule has 3 heteroatoms. The first-order valence-corrected chi connectivity index (χ1v) is 7.63. The fourth-order valence-corrected chi connectivity index (χ4v) is 3.38. The van der Waals surface area contributed by atoms with Gasteiger partial charge in [-0.3, -0.25) is 0 Å². The summed E-state index contributed by atoms with van der Waals surface area (Å²) in [7, 11) is 2.11. The summed E-state index contributed by atoms with van der Waals surface area (Å²) < 4.78 is 2.21. The maximum atomic E-state index is 4.63. The van der Waals surface area contributed by atoms with E-state index in [9.17, 15) is 0 Å². The minimum atomic E-state index is 0.573. The zero-order valence-electron chi connectivity index (χ0n) is 13.2. The highest BCUT2D eigenvalue weighted by molar-refractivity contribution is 5.13. The van der Waals surface area contributed by atoms with Gasteiger partial charge in [-0.1, -0.05) is 20.3 Å². The number of imidazole rings is 1. The molecule has 0 bridgehead atoms. The van der Waals surface area contributed by atoms with Gasteiger partial charge < -0.3 is 9.88 Å². The lowest BCUT2D eigenvalue weighted by molar-refractivity contribution is 0.0976. The van der Waals surface area contributed by atoms with E-state index in [0.717, 1.165) is 30.5 Å². The molecule has 2 rings (SSSR count). The van der Waals surface area contributed by atoms with Crippen molar-refractivity contribution in [3.63, 3.8) is 0 Å². The van der Waals surface area contributed by atoms with Crippen LogP contribution in [0.5, 0.6) is 0 Å². The Hall–Kier alpha value is -0.830. The van der Waals surface area contributed by atoms with Gasteiger partial charge in [-0.25, -0.2) is 4.98 Å². The highest BCUT2D eigenvalue weighted by Crippen LogP contribution is 2.45. The van der Waals surface area contributed by atoms with Gasteiger partial charge in [0.05, 0.1) is 12.2 Å². The van der Waals surface area contributed by atoms with E-state index in [2.05, 4.69) is 49.6 Å². The largest absolute Gasteiger partial charge is 0.334 e. The molecule has 0 spiro atoms. The van der Waals surface area contributed by atoms with Crippen LogP contribution in [0.15, 0.2) is 0 Å². The Morgan fingerprint density at radius 2 is 2.00 bits per heavy atom. The molecule has 108 valence electrons. The Morgan fingerprint density at radius 3 is 2.42 bits per heavy atom. The summed E-state index contributed by atoms with van der Waals surface area (Å²) in [6, 6.07) is 0. The van der Waals surface area contributed by atoms with E-state index in [1.165, 1.54) is 31.4 Å². The lowest BCUT2D eigenvalue weighted by Crippen LogP contribution is -2.41. The van der Waals surface area contributed by atoms with E-state index in [4.69, 9.17) is 0 Å². The van der Waals surface area contributed by atoms with Crippen LogP contribution in [0.3, 0.4) is 0 Å². The molecule has 0 aromatic carbocycles. The van der Waals surface area contributed by atoms with Crippen molar-refractivity contribution in [3.8, 4) is 0 Å². The molecule has 0 saturated heterocycles. The summed E-state index contributed by atoms with van der Waals surface area (Å²) in [5, 5.41) is 3.65. The van der Waals surface area contributed by atoms with Crippen molar-refractivity contribution in [3.05, 3.63) is 17.2 Å². The van der Waals surface area contributed by atoms with Crippen molar-refractivity contribution < 1.29 is 0 Å². The third-order valence-electron chi connectivity index (χ3n) is 4.75. The van der Waals surface area contributed by atoms with Crippen LogP contribution in [0.2, 0.25) is 0 Å². The van der Waals surface area contributed by atoms with Crippen molar-refractivity contribution >= 4 is 0 Å². The van der Waals surface area contributed by atoms with Crippen molar-refractivity contribution in [1.82, 2.24) is 14.9 Å². The third kappa shape index (κ3) is 3.19. The van der Waals surface area contributed by atoms with E-state index in [-0.39, 0.29) is 0 Å². The Labute approximate surface area is 117 Å². The maximum Gasteiger partial charge on any atom is 0.122 e. The molecule has 19 heavy (non-hydrogen) atoms. The smallest absolute Gasteiger partial charge is 0.122 e. The molecule has 0 unspecified atom stereocenters. The van der Waals surface area contributed by atoms with Crippen LogP contribution in [-0.2, 0) is 13.6 Å². The van der Waals surface area contributed by atoms with Crippen LogP contribution >= 0.6 is 0 Å². The monoisotopic (exact) mass is 263 g/mol. The highest BCUT2D eigenvalue weighted by Gasteiger charge is 2.36. The number of hydrogen-bond donors (Lipinski definition) is 1. The maximum absolute atomic E-state index is 4.63. The zero-order valence-corrected chi connectivity index (χ0v) is 13.2.